The van der Waals surface area contributed by atoms with Crippen molar-refractivity contribution in [2.24, 2.45) is 5.92 Å². The van der Waals surface area contributed by atoms with E-state index in [-0.39, 0.29) is 30.2 Å². The SMILES string of the molecule is CCC(Cn1ccnc1)NC(=O)Cn1cc(C(=O)C2CC2)c2ccccc21. The first-order valence-electron chi connectivity index (χ1n) is 9.53. The first-order chi connectivity index (χ1) is 13.2. The first-order valence-corrected chi connectivity index (χ1v) is 9.53. The molecule has 1 atom stereocenters. The molecule has 1 aliphatic rings. The van der Waals surface area contributed by atoms with Crippen molar-refractivity contribution in [3.8, 4) is 0 Å². The molecule has 1 fully saturated rings. The number of benzene rings is 1. The van der Waals surface area contributed by atoms with Gasteiger partial charge >= 0.3 is 0 Å². The van der Waals surface area contributed by atoms with Gasteiger partial charge in [0, 0.05) is 53.6 Å². The number of nitrogens with zero attached hydrogens (tertiary/aromatic N) is 3. The highest BCUT2D eigenvalue weighted by Gasteiger charge is 2.32. The molecule has 0 bridgehead atoms. The fourth-order valence-electron chi connectivity index (χ4n) is 3.49. The first kappa shape index (κ1) is 17.5. The molecule has 27 heavy (non-hydrogen) atoms. The van der Waals surface area contributed by atoms with Crippen LogP contribution in [0.15, 0.2) is 49.2 Å². The van der Waals surface area contributed by atoms with E-state index in [1.54, 1.807) is 12.5 Å². The number of carbonyl (C=O) groups excluding carboxylic acids is 2. The molecule has 2 aromatic heterocycles. The van der Waals surface area contributed by atoms with Crippen LogP contribution < -0.4 is 5.32 Å². The Morgan fingerprint density at radius 1 is 1.30 bits per heavy atom. The second-order valence-corrected chi connectivity index (χ2v) is 7.26. The molecule has 0 radical (unpaired) electrons. The van der Waals surface area contributed by atoms with Gasteiger partial charge in [0.05, 0.1) is 6.33 Å². The van der Waals surface area contributed by atoms with E-state index in [0.29, 0.717) is 6.54 Å². The van der Waals surface area contributed by atoms with Gasteiger partial charge in [0.2, 0.25) is 5.91 Å². The predicted octanol–water partition coefficient (Wildman–Crippen LogP) is 3.03. The molecule has 4 rings (SSSR count). The fourth-order valence-corrected chi connectivity index (χ4v) is 3.49. The van der Waals surface area contributed by atoms with Crippen molar-refractivity contribution in [3.63, 3.8) is 0 Å². The zero-order chi connectivity index (χ0) is 18.8. The number of imidazole rings is 1. The molecule has 0 aliphatic heterocycles. The van der Waals surface area contributed by atoms with Gasteiger partial charge in [-0.15, -0.1) is 0 Å². The lowest BCUT2D eigenvalue weighted by Crippen LogP contribution is -2.39. The predicted molar refractivity (Wildman–Crippen MR) is 103 cm³/mol. The summed E-state index contributed by atoms with van der Waals surface area (Å²) in [6.07, 6.45) is 10.0. The van der Waals surface area contributed by atoms with Crippen LogP contribution in [0.1, 0.15) is 36.5 Å². The monoisotopic (exact) mass is 364 g/mol. The minimum atomic E-state index is -0.0480. The molecule has 140 valence electrons. The van der Waals surface area contributed by atoms with Gasteiger partial charge in [-0.25, -0.2) is 4.98 Å². The van der Waals surface area contributed by atoms with Crippen molar-refractivity contribution in [2.45, 2.75) is 45.3 Å². The number of amides is 1. The summed E-state index contributed by atoms with van der Waals surface area (Å²) < 4.78 is 3.86. The van der Waals surface area contributed by atoms with E-state index in [0.717, 1.165) is 35.7 Å². The summed E-state index contributed by atoms with van der Waals surface area (Å²) >= 11 is 0. The van der Waals surface area contributed by atoms with Crippen LogP contribution in [-0.4, -0.2) is 31.9 Å². The van der Waals surface area contributed by atoms with Crippen LogP contribution in [-0.2, 0) is 17.9 Å². The molecular formula is C21H24N4O2. The Balaban J connectivity index is 1.50. The molecule has 3 aromatic rings. The molecule has 2 heterocycles. The number of aromatic nitrogens is 3. The average Bonchev–Trinajstić information content (AvgIpc) is 3.29. The molecule has 0 saturated heterocycles. The molecule has 1 aliphatic carbocycles. The maximum Gasteiger partial charge on any atom is 0.240 e. The topological polar surface area (TPSA) is 68.9 Å². The maximum atomic E-state index is 12.6. The van der Waals surface area contributed by atoms with Crippen LogP contribution in [0.25, 0.3) is 10.9 Å². The molecule has 1 amide bonds. The number of rotatable bonds is 8. The van der Waals surface area contributed by atoms with E-state index in [2.05, 4.69) is 17.2 Å². The molecule has 1 saturated carbocycles. The number of nitrogens with one attached hydrogen (secondary N) is 1. The quantitative estimate of drug-likeness (QED) is 0.625. The minimum Gasteiger partial charge on any atom is -0.350 e. The Morgan fingerprint density at radius 3 is 2.81 bits per heavy atom. The number of para-hydroxylation sites is 1. The zero-order valence-corrected chi connectivity index (χ0v) is 15.5. The summed E-state index contributed by atoms with van der Waals surface area (Å²) in [6.45, 7) is 2.96. The third-order valence-corrected chi connectivity index (χ3v) is 5.16. The molecule has 0 spiro atoms. The van der Waals surface area contributed by atoms with E-state index in [4.69, 9.17) is 0 Å². The molecule has 1 unspecified atom stereocenters. The lowest BCUT2D eigenvalue weighted by Gasteiger charge is -2.18. The van der Waals surface area contributed by atoms with E-state index < -0.39 is 0 Å². The van der Waals surface area contributed by atoms with Gasteiger partial charge in [-0.3, -0.25) is 9.59 Å². The van der Waals surface area contributed by atoms with Crippen LogP contribution in [0.5, 0.6) is 0 Å². The third-order valence-electron chi connectivity index (χ3n) is 5.16. The van der Waals surface area contributed by atoms with Crippen molar-refractivity contribution >= 4 is 22.6 Å². The average molecular weight is 364 g/mol. The van der Waals surface area contributed by atoms with Crippen molar-refractivity contribution < 1.29 is 9.59 Å². The van der Waals surface area contributed by atoms with Crippen LogP contribution >= 0.6 is 0 Å². The number of hydrogen-bond acceptors (Lipinski definition) is 3. The summed E-state index contributed by atoms with van der Waals surface area (Å²) in [7, 11) is 0. The van der Waals surface area contributed by atoms with Crippen LogP contribution in [0.4, 0.5) is 0 Å². The van der Waals surface area contributed by atoms with Gasteiger partial charge in [0.25, 0.3) is 0 Å². The van der Waals surface area contributed by atoms with Crippen LogP contribution in [0.3, 0.4) is 0 Å². The number of fused-ring (bicyclic) bond motifs is 1. The molecule has 6 nitrogen and oxygen atoms in total. The van der Waals surface area contributed by atoms with Crippen molar-refractivity contribution in [2.75, 3.05) is 0 Å². The van der Waals surface area contributed by atoms with Crippen molar-refractivity contribution in [1.29, 1.82) is 0 Å². The summed E-state index contributed by atoms with van der Waals surface area (Å²) in [6, 6.07) is 7.86. The van der Waals surface area contributed by atoms with Crippen LogP contribution in [0.2, 0.25) is 0 Å². The van der Waals surface area contributed by atoms with E-state index >= 15 is 0 Å². The highest BCUT2D eigenvalue weighted by atomic mass is 16.2. The molecule has 1 aromatic carbocycles. The maximum absolute atomic E-state index is 12.6. The van der Waals surface area contributed by atoms with Crippen LogP contribution in [0, 0.1) is 5.92 Å². The van der Waals surface area contributed by atoms with Crippen molar-refractivity contribution in [1.82, 2.24) is 19.4 Å². The van der Waals surface area contributed by atoms with E-state index in [1.165, 1.54) is 0 Å². The van der Waals surface area contributed by atoms with Gasteiger partial charge in [-0.05, 0) is 25.3 Å². The zero-order valence-electron chi connectivity index (χ0n) is 15.5. The lowest BCUT2D eigenvalue weighted by atomic mass is 10.1. The Labute approximate surface area is 158 Å². The Bertz CT molecular complexity index is 954. The molecule has 6 heteroatoms. The van der Waals surface area contributed by atoms with Crippen molar-refractivity contribution in [3.05, 3.63) is 54.7 Å². The minimum absolute atomic E-state index is 0.0427. The second-order valence-electron chi connectivity index (χ2n) is 7.26. The highest BCUT2D eigenvalue weighted by molar-refractivity contribution is 6.10. The van der Waals surface area contributed by atoms with Gasteiger partial charge < -0.3 is 14.5 Å². The normalized spacial score (nSPS) is 15.0. The molecular weight excluding hydrogens is 340 g/mol. The summed E-state index contributed by atoms with van der Waals surface area (Å²) in [5.41, 5.74) is 1.67. The summed E-state index contributed by atoms with van der Waals surface area (Å²) in [4.78, 5) is 29.3. The van der Waals surface area contributed by atoms with E-state index in [1.807, 2.05) is 45.8 Å². The van der Waals surface area contributed by atoms with Gasteiger partial charge in [0.15, 0.2) is 5.78 Å². The number of hydrogen-bond donors (Lipinski definition) is 1. The van der Waals surface area contributed by atoms with E-state index in [9.17, 15) is 9.59 Å². The Kier molecular flexibility index (Phi) is 4.79. The smallest absolute Gasteiger partial charge is 0.240 e. The van der Waals surface area contributed by atoms with Gasteiger partial charge in [-0.2, -0.15) is 0 Å². The number of ketones is 1. The lowest BCUT2D eigenvalue weighted by molar-refractivity contribution is -0.122. The number of Topliss-reactive ketones (excluding diaryl/α,β-unsaturated/α-hetero) is 1. The fraction of sp³-hybridized carbons (Fsp3) is 0.381. The Hall–Kier alpha value is -2.89. The largest absolute Gasteiger partial charge is 0.350 e. The Morgan fingerprint density at radius 2 is 2.11 bits per heavy atom. The number of carbonyl (C=O) groups is 2. The summed E-state index contributed by atoms with van der Waals surface area (Å²) in [5.74, 6) is 0.322. The highest BCUT2D eigenvalue weighted by Crippen LogP contribution is 2.35. The molecule has 1 N–H and O–H groups in total. The summed E-state index contributed by atoms with van der Waals surface area (Å²) in [5, 5.41) is 4.04. The van der Waals surface area contributed by atoms with Gasteiger partial charge in [-0.1, -0.05) is 25.1 Å². The van der Waals surface area contributed by atoms with Gasteiger partial charge in [0.1, 0.15) is 6.54 Å². The second kappa shape index (κ2) is 7.39. The third kappa shape index (κ3) is 3.79. The standard InChI is InChI=1S/C21H24N4O2/c1-2-16(11-24-10-9-22-14-24)23-20(26)13-25-12-18(21(27)15-7-8-15)17-5-3-4-6-19(17)25/h3-6,9-10,12,14-16H,2,7-8,11,13H2,1H3,(H,23,26).